The summed E-state index contributed by atoms with van der Waals surface area (Å²) in [5.41, 5.74) is 1.83. The molecule has 0 aliphatic rings. The Morgan fingerprint density at radius 3 is 2.62 bits per heavy atom. The first kappa shape index (κ1) is 10.9. The Labute approximate surface area is 92.3 Å². The van der Waals surface area contributed by atoms with Gasteiger partial charge in [0.2, 0.25) is 0 Å². The molecule has 1 aromatic heterocycles. The maximum Gasteiger partial charge on any atom is 0.333 e. The second-order valence-electron chi connectivity index (χ2n) is 3.11. The van der Waals surface area contributed by atoms with Crippen LogP contribution in [0.2, 0.25) is 0 Å². The van der Waals surface area contributed by atoms with Crippen LogP contribution in [0.4, 0.5) is 0 Å². The first-order valence-electron chi connectivity index (χ1n) is 4.42. The van der Waals surface area contributed by atoms with E-state index in [9.17, 15) is 8.42 Å². The Hall–Kier alpha value is -1.57. The van der Waals surface area contributed by atoms with Crippen LogP contribution >= 0.6 is 0 Å². The zero-order chi connectivity index (χ0) is 11.6. The Balaban J connectivity index is 2.26. The maximum atomic E-state index is 10.6. The molecular weight excluding hydrogens is 230 g/mol. The average Bonchev–Trinajstić information content (AvgIpc) is 2.25. The summed E-state index contributed by atoms with van der Waals surface area (Å²) in [5, 5.41) is 4.70. The van der Waals surface area contributed by atoms with Crippen LogP contribution < -0.4 is 5.14 Å². The van der Waals surface area contributed by atoms with Gasteiger partial charge in [0.05, 0.1) is 22.9 Å². The van der Waals surface area contributed by atoms with Gasteiger partial charge >= 0.3 is 10.3 Å². The van der Waals surface area contributed by atoms with Crippen molar-refractivity contribution >= 4 is 21.3 Å². The van der Waals surface area contributed by atoms with Gasteiger partial charge in [0.25, 0.3) is 0 Å². The summed E-state index contributed by atoms with van der Waals surface area (Å²) in [7, 11) is -3.94. The number of hydrogen-bond acceptors (Lipinski definition) is 5. The van der Waals surface area contributed by atoms with E-state index in [0.717, 1.165) is 5.52 Å². The molecule has 2 aromatic rings. The van der Waals surface area contributed by atoms with Crippen molar-refractivity contribution in [3.05, 3.63) is 36.2 Å². The van der Waals surface area contributed by atoms with E-state index in [-0.39, 0.29) is 6.61 Å². The predicted molar refractivity (Wildman–Crippen MR) is 57.4 cm³/mol. The molecule has 1 aromatic carbocycles. The third-order valence-corrected chi connectivity index (χ3v) is 2.32. The number of hydrogen-bond donors (Lipinski definition) is 1. The van der Waals surface area contributed by atoms with Gasteiger partial charge in [0.1, 0.15) is 6.61 Å². The molecule has 0 radical (unpaired) electrons. The summed E-state index contributed by atoms with van der Waals surface area (Å²) in [6, 6.07) is 7.26. The largest absolute Gasteiger partial charge is 0.333 e. The van der Waals surface area contributed by atoms with E-state index in [4.69, 9.17) is 5.14 Å². The fourth-order valence-corrected chi connectivity index (χ4v) is 1.49. The summed E-state index contributed by atoms with van der Waals surface area (Å²) in [4.78, 5) is 8.27. The Kier molecular flexibility index (Phi) is 2.82. The van der Waals surface area contributed by atoms with Gasteiger partial charge in [-0.1, -0.05) is 12.1 Å². The molecule has 84 valence electrons. The topological polar surface area (TPSA) is 95.2 Å². The number of benzene rings is 1. The van der Waals surface area contributed by atoms with Crippen LogP contribution in [0.5, 0.6) is 0 Å². The number of nitrogens with zero attached hydrogens (tertiary/aromatic N) is 2. The number of aromatic nitrogens is 2. The van der Waals surface area contributed by atoms with Crippen molar-refractivity contribution in [1.82, 2.24) is 9.97 Å². The fraction of sp³-hybridized carbons (Fsp3) is 0.111. The average molecular weight is 239 g/mol. The molecule has 0 spiro atoms. The molecule has 0 atom stereocenters. The number of fused-ring (bicyclic) bond motifs is 1. The van der Waals surface area contributed by atoms with Crippen molar-refractivity contribution in [2.24, 2.45) is 5.14 Å². The van der Waals surface area contributed by atoms with Crippen LogP contribution in [-0.4, -0.2) is 18.4 Å². The van der Waals surface area contributed by atoms with Crippen LogP contribution in [0.15, 0.2) is 30.5 Å². The Morgan fingerprint density at radius 2 is 1.94 bits per heavy atom. The van der Waals surface area contributed by atoms with Gasteiger partial charge in [-0.3, -0.25) is 9.17 Å². The minimum atomic E-state index is -3.94. The van der Waals surface area contributed by atoms with Crippen molar-refractivity contribution < 1.29 is 12.6 Å². The van der Waals surface area contributed by atoms with E-state index >= 15 is 0 Å². The molecule has 0 saturated carbocycles. The highest BCUT2D eigenvalue weighted by molar-refractivity contribution is 7.84. The second kappa shape index (κ2) is 4.12. The number of nitrogens with two attached hydrogens (primary N) is 1. The minimum Gasteiger partial charge on any atom is -0.253 e. The monoisotopic (exact) mass is 239 g/mol. The highest BCUT2D eigenvalue weighted by Gasteiger charge is 2.05. The normalized spacial score (nSPS) is 11.8. The first-order chi connectivity index (χ1) is 7.54. The Bertz CT molecular complexity index is 612. The van der Waals surface area contributed by atoms with Crippen LogP contribution in [0, 0.1) is 0 Å². The van der Waals surface area contributed by atoms with Gasteiger partial charge in [0, 0.05) is 0 Å². The molecule has 0 amide bonds. The summed E-state index contributed by atoms with van der Waals surface area (Å²) in [6.45, 7) is -0.212. The molecule has 7 heteroatoms. The van der Waals surface area contributed by atoms with Crippen molar-refractivity contribution in [1.29, 1.82) is 0 Å². The molecule has 0 aliphatic heterocycles. The van der Waals surface area contributed by atoms with Gasteiger partial charge in [0.15, 0.2) is 0 Å². The SMILES string of the molecule is NS(=O)(=O)OCc1cnc2ccccc2n1. The Morgan fingerprint density at radius 1 is 1.25 bits per heavy atom. The first-order valence-corrected chi connectivity index (χ1v) is 5.89. The van der Waals surface area contributed by atoms with Crippen LogP contribution in [0.3, 0.4) is 0 Å². The second-order valence-corrected chi connectivity index (χ2v) is 4.33. The molecule has 16 heavy (non-hydrogen) atoms. The summed E-state index contributed by atoms with van der Waals surface area (Å²) in [5.74, 6) is 0. The van der Waals surface area contributed by atoms with Crippen molar-refractivity contribution in [2.75, 3.05) is 0 Å². The minimum absolute atomic E-state index is 0.212. The summed E-state index contributed by atoms with van der Waals surface area (Å²) < 4.78 is 25.6. The molecular formula is C9H9N3O3S. The molecule has 0 unspecified atom stereocenters. The van der Waals surface area contributed by atoms with E-state index in [1.165, 1.54) is 6.20 Å². The molecule has 2 rings (SSSR count). The van der Waals surface area contributed by atoms with Gasteiger partial charge in [-0.15, -0.1) is 0 Å². The summed E-state index contributed by atoms with van der Waals surface area (Å²) >= 11 is 0. The third-order valence-electron chi connectivity index (χ3n) is 1.87. The van der Waals surface area contributed by atoms with Crippen molar-refractivity contribution in [3.63, 3.8) is 0 Å². The van der Waals surface area contributed by atoms with E-state index in [1.54, 1.807) is 6.07 Å². The smallest absolute Gasteiger partial charge is 0.253 e. The predicted octanol–water partition coefficient (Wildman–Crippen LogP) is 0.350. The lowest BCUT2D eigenvalue weighted by molar-refractivity contribution is 0.304. The number of rotatable bonds is 3. The van der Waals surface area contributed by atoms with Gasteiger partial charge in [-0.2, -0.15) is 8.42 Å². The molecule has 2 N–H and O–H groups in total. The molecule has 0 fully saturated rings. The van der Waals surface area contributed by atoms with Gasteiger partial charge < -0.3 is 0 Å². The quantitative estimate of drug-likeness (QED) is 0.833. The summed E-state index contributed by atoms with van der Waals surface area (Å²) in [6.07, 6.45) is 1.45. The highest BCUT2D eigenvalue weighted by atomic mass is 32.2. The zero-order valence-electron chi connectivity index (χ0n) is 8.20. The fourth-order valence-electron chi connectivity index (χ4n) is 1.21. The molecule has 0 aliphatic carbocycles. The third kappa shape index (κ3) is 2.72. The molecule has 6 nitrogen and oxygen atoms in total. The van der Waals surface area contributed by atoms with Crippen LogP contribution in [-0.2, 0) is 21.1 Å². The van der Waals surface area contributed by atoms with E-state index in [1.807, 2.05) is 18.2 Å². The van der Waals surface area contributed by atoms with Gasteiger partial charge in [-0.05, 0) is 12.1 Å². The molecule has 1 heterocycles. The van der Waals surface area contributed by atoms with E-state index < -0.39 is 10.3 Å². The van der Waals surface area contributed by atoms with Crippen LogP contribution in [0.1, 0.15) is 5.69 Å². The lowest BCUT2D eigenvalue weighted by Gasteiger charge is -2.01. The lowest BCUT2D eigenvalue weighted by Crippen LogP contribution is -2.16. The van der Waals surface area contributed by atoms with Gasteiger partial charge in [-0.25, -0.2) is 10.1 Å². The van der Waals surface area contributed by atoms with Crippen molar-refractivity contribution in [3.8, 4) is 0 Å². The maximum absolute atomic E-state index is 10.6. The van der Waals surface area contributed by atoms with E-state index in [0.29, 0.717) is 11.2 Å². The van der Waals surface area contributed by atoms with Crippen LogP contribution in [0.25, 0.3) is 11.0 Å². The van der Waals surface area contributed by atoms with E-state index in [2.05, 4.69) is 14.2 Å². The van der Waals surface area contributed by atoms with Crippen molar-refractivity contribution in [2.45, 2.75) is 6.61 Å². The molecule has 0 saturated heterocycles. The highest BCUT2D eigenvalue weighted by Crippen LogP contribution is 2.09. The molecule has 0 bridgehead atoms. The standard InChI is InChI=1S/C9H9N3O3S/c10-16(13,14)15-6-7-5-11-8-3-1-2-4-9(8)12-7/h1-5H,6H2,(H2,10,13,14). The lowest BCUT2D eigenvalue weighted by atomic mass is 10.3. The zero-order valence-corrected chi connectivity index (χ0v) is 9.02. The number of para-hydroxylation sites is 2.